The highest BCUT2D eigenvalue weighted by atomic mass is 16.2. The van der Waals surface area contributed by atoms with Crippen molar-refractivity contribution in [3.05, 3.63) is 52.8 Å². The lowest BCUT2D eigenvalue weighted by Gasteiger charge is -2.12. The van der Waals surface area contributed by atoms with Crippen molar-refractivity contribution in [1.29, 1.82) is 5.26 Å². The molecule has 0 fully saturated rings. The molecule has 2 aromatic rings. The molecule has 1 atom stereocenters. The Bertz CT molecular complexity index is 679. The van der Waals surface area contributed by atoms with Gasteiger partial charge in [0.1, 0.15) is 0 Å². The molecule has 20 heavy (non-hydrogen) atoms. The predicted octanol–water partition coefficient (Wildman–Crippen LogP) is 3.15. The number of benzene rings is 1. The van der Waals surface area contributed by atoms with Crippen LogP contribution in [0.3, 0.4) is 0 Å². The summed E-state index contributed by atoms with van der Waals surface area (Å²) in [6, 6.07) is 11.7. The Kier molecular flexibility index (Phi) is 3.99. The molecular formula is C16H17N3O. The fourth-order valence-electron chi connectivity index (χ4n) is 2.35. The van der Waals surface area contributed by atoms with Gasteiger partial charge in [-0.15, -0.1) is 0 Å². The Morgan fingerprint density at radius 2 is 2.05 bits per heavy atom. The van der Waals surface area contributed by atoms with E-state index in [9.17, 15) is 10.1 Å². The van der Waals surface area contributed by atoms with E-state index in [4.69, 9.17) is 0 Å². The summed E-state index contributed by atoms with van der Waals surface area (Å²) in [6.07, 6.45) is 0.142. The average Bonchev–Trinajstić information content (AvgIpc) is 2.76. The van der Waals surface area contributed by atoms with Crippen LogP contribution < -0.4 is 0 Å². The molecule has 102 valence electrons. The minimum atomic E-state index is -0.437. The molecule has 2 rings (SSSR count). The Morgan fingerprint density at radius 3 is 2.60 bits per heavy atom. The van der Waals surface area contributed by atoms with Crippen molar-refractivity contribution in [3.8, 4) is 6.07 Å². The summed E-state index contributed by atoms with van der Waals surface area (Å²) in [5.41, 5.74) is 3.54. The van der Waals surface area contributed by atoms with Crippen molar-refractivity contribution in [3.63, 3.8) is 0 Å². The summed E-state index contributed by atoms with van der Waals surface area (Å²) < 4.78 is 1.39. The highest BCUT2D eigenvalue weighted by Crippen LogP contribution is 2.23. The first-order chi connectivity index (χ1) is 9.52. The largest absolute Gasteiger partial charge is 0.273 e. The molecule has 0 saturated heterocycles. The van der Waals surface area contributed by atoms with Gasteiger partial charge >= 0.3 is 0 Å². The third-order valence-electron chi connectivity index (χ3n) is 3.34. The number of aromatic nitrogens is 2. The van der Waals surface area contributed by atoms with E-state index in [1.54, 1.807) is 0 Å². The quantitative estimate of drug-likeness (QED) is 0.858. The van der Waals surface area contributed by atoms with E-state index in [0.29, 0.717) is 0 Å². The van der Waals surface area contributed by atoms with Crippen LogP contribution in [0.5, 0.6) is 0 Å². The van der Waals surface area contributed by atoms with Crippen LogP contribution >= 0.6 is 0 Å². The molecule has 0 bridgehead atoms. The molecule has 4 heteroatoms. The molecule has 0 amide bonds. The van der Waals surface area contributed by atoms with E-state index in [0.717, 1.165) is 22.5 Å². The van der Waals surface area contributed by atoms with E-state index in [1.165, 1.54) is 4.68 Å². The second-order valence-corrected chi connectivity index (χ2v) is 4.98. The van der Waals surface area contributed by atoms with Crippen molar-refractivity contribution in [2.75, 3.05) is 0 Å². The molecule has 0 spiro atoms. The first-order valence-electron chi connectivity index (χ1n) is 6.54. The highest BCUT2D eigenvalue weighted by Gasteiger charge is 2.19. The molecule has 0 radical (unpaired) electrons. The fraction of sp³-hybridized carbons (Fsp3) is 0.312. The first-order valence-corrected chi connectivity index (χ1v) is 6.54. The van der Waals surface area contributed by atoms with Crippen LogP contribution in [-0.4, -0.2) is 15.7 Å². The minimum absolute atomic E-state index is 0.142. The predicted molar refractivity (Wildman–Crippen MR) is 76.5 cm³/mol. The standard InChI is InChI=1S/C16H17N3O/c1-11-6-4-5-7-15(11)14(10-17)9-16(20)19-13(3)8-12(2)18-19/h4-8,14H,9H2,1-3H3/t14-/m0/s1. The Balaban J connectivity index is 2.24. The number of rotatable bonds is 3. The van der Waals surface area contributed by atoms with Crippen molar-refractivity contribution >= 4 is 5.91 Å². The zero-order valence-corrected chi connectivity index (χ0v) is 11.9. The lowest BCUT2D eigenvalue weighted by atomic mass is 9.93. The summed E-state index contributed by atoms with van der Waals surface area (Å²) in [5.74, 6) is -0.585. The maximum Gasteiger partial charge on any atom is 0.248 e. The number of nitrogens with zero attached hydrogens (tertiary/aromatic N) is 3. The third kappa shape index (κ3) is 2.77. The summed E-state index contributed by atoms with van der Waals surface area (Å²) in [7, 11) is 0. The number of carbonyl (C=O) groups excluding carboxylic acids is 1. The first kappa shape index (κ1) is 14.0. The van der Waals surface area contributed by atoms with Gasteiger partial charge < -0.3 is 0 Å². The van der Waals surface area contributed by atoms with Gasteiger partial charge in [-0.2, -0.15) is 10.4 Å². The lowest BCUT2D eigenvalue weighted by Crippen LogP contribution is -2.17. The third-order valence-corrected chi connectivity index (χ3v) is 3.34. The van der Waals surface area contributed by atoms with Crippen molar-refractivity contribution in [2.45, 2.75) is 33.1 Å². The second-order valence-electron chi connectivity index (χ2n) is 4.98. The van der Waals surface area contributed by atoms with E-state index in [2.05, 4.69) is 11.2 Å². The summed E-state index contributed by atoms with van der Waals surface area (Å²) in [5, 5.41) is 13.5. The zero-order valence-electron chi connectivity index (χ0n) is 11.9. The maximum absolute atomic E-state index is 12.3. The van der Waals surface area contributed by atoms with Crippen LogP contribution in [0.25, 0.3) is 0 Å². The topological polar surface area (TPSA) is 58.7 Å². The van der Waals surface area contributed by atoms with Gasteiger partial charge in [0.15, 0.2) is 0 Å². The zero-order chi connectivity index (χ0) is 14.7. The Morgan fingerprint density at radius 1 is 1.35 bits per heavy atom. The van der Waals surface area contributed by atoms with Crippen LogP contribution in [-0.2, 0) is 0 Å². The molecule has 0 aliphatic heterocycles. The van der Waals surface area contributed by atoms with Crippen LogP contribution in [0.15, 0.2) is 30.3 Å². The van der Waals surface area contributed by atoms with Gasteiger partial charge in [0.2, 0.25) is 5.91 Å². The summed E-state index contributed by atoms with van der Waals surface area (Å²) in [4.78, 5) is 12.3. The molecule has 0 N–H and O–H groups in total. The second kappa shape index (κ2) is 5.70. The van der Waals surface area contributed by atoms with Crippen LogP contribution in [0.2, 0.25) is 0 Å². The van der Waals surface area contributed by atoms with Crippen molar-refractivity contribution < 1.29 is 4.79 Å². The fourth-order valence-corrected chi connectivity index (χ4v) is 2.35. The molecule has 1 aromatic heterocycles. The monoisotopic (exact) mass is 267 g/mol. The maximum atomic E-state index is 12.3. The number of aryl methyl sites for hydroxylation is 3. The van der Waals surface area contributed by atoms with Gasteiger partial charge in [0.25, 0.3) is 0 Å². The van der Waals surface area contributed by atoms with E-state index >= 15 is 0 Å². The van der Waals surface area contributed by atoms with E-state index in [-0.39, 0.29) is 12.3 Å². The number of hydrogen-bond acceptors (Lipinski definition) is 3. The molecule has 1 aromatic carbocycles. The van der Waals surface area contributed by atoms with E-state index in [1.807, 2.05) is 51.1 Å². The summed E-state index contributed by atoms with van der Waals surface area (Å²) >= 11 is 0. The number of carbonyl (C=O) groups is 1. The van der Waals surface area contributed by atoms with Gasteiger partial charge in [-0.05, 0) is 38.0 Å². The Labute approximate surface area is 118 Å². The van der Waals surface area contributed by atoms with Gasteiger partial charge in [-0.1, -0.05) is 24.3 Å². The van der Waals surface area contributed by atoms with Crippen molar-refractivity contribution in [1.82, 2.24) is 9.78 Å². The molecule has 1 heterocycles. The highest BCUT2D eigenvalue weighted by molar-refractivity contribution is 5.80. The van der Waals surface area contributed by atoms with Crippen LogP contribution in [0.4, 0.5) is 0 Å². The average molecular weight is 267 g/mol. The van der Waals surface area contributed by atoms with E-state index < -0.39 is 5.92 Å². The van der Waals surface area contributed by atoms with Gasteiger partial charge in [-0.3, -0.25) is 4.79 Å². The summed E-state index contributed by atoms with van der Waals surface area (Å²) in [6.45, 7) is 5.64. The molecule has 0 aliphatic carbocycles. The SMILES string of the molecule is Cc1cc(C)n(C(=O)C[C@@H](C#N)c2ccccc2C)n1. The number of hydrogen-bond donors (Lipinski definition) is 0. The lowest BCUT2D eigenvalue weighted by molar-refractivity contribution is 0.0880. The molecule has 0 unspecified atom stereocenters. The van der Waals surface area contributed by atoms with Gasteiger partial charge in [0, 0.05) is 12.1 Å². The van der Waals surface area contributed by atoms with Crippen molar-refractivity contribution in [2.24, 2.45) is 0 Å². The van der Waals surface area contributed by atoms with Gasteiger partial charge in [-0.25, -0.2) is 4.68 Å². The molecule has 4 nitrogen and oxygen atoms in total. The smallest absolute Gasteiger partial charge is 0.248 e. The van der Waals surface area contributed by atoms with Crippen LogP contribution in [0.1, 0.15) is 39.6 Å². The molecule has 0 saturated carbocycles. The molecular weight excluding hydrogens is 250 g/mol. The number of nitriles is 1. The van der Waals surface area contributed by atoms with Gasteiger partial charge in [0.05, 0.1) is 17.7 Å². The Hall–Kier alpha value is -2.41. The molecule has 0 aliphatic rings. The normalized spacial score (nSPS) is 11.9. The van der Waals surface area contributed by atoms with Crippen LogP contribution in [0, 0.1) is 32.1 Å². The minimum Gasteiger partial charge on any atom is -0.273 e.